The van der Waals surface area contributed by atoms with E-state index in [1.807, 2.05) is 13.0 Å². The highest BCUT2D eigenvalue weighted by Crippen LogP contribution is 2.35. The van der Waals surface area contributed by atoms with Crippen LogP contribution in [0.1, 0.15) is 37.5 Å². The van der Waals surface area contributed by atoms with Gasteiger partial charge in [-0.05, 0) is 12.3 Å². The molecule has 0 bridgehead atoms. The minimum atomic E-state index is -0.00297. The lowest BCUT2D eigenvalue weighted by atomic mass is 9.84. The SMILES string of the molecule is COc1c(CN=C=O)cc(C)cc1C(C)(C)C. The van der Waals surface area contributed by atoms with Crippen molar-refractivity contribution in [1.82, 2.24) is 0 Å². The van der Waals surface area contributed by atoms with E-state index in [9.17, 15) is 4.79 Å². The summed E-state index contributed by atoms with van der Waals surface area (Å²) in [4.78, 5) is 13.8. The smallest absolute Gasteiger partial charge is 0.235 e. The Labute approximate surface area is 103 Å². The summed E-state index contributed by atoms with van der Waals surface area (Å²) in [6, 6.07) is 4.11. The molecular weight excluding hydrogens is 214 g/mol. The average Bonchev–Trinajstić information content (AvgIpc) is 2.24. The molecule has 0 aliphatic rings. The number of isocyanates is 1. The van der Waals surface area contributed by atoms with Crippen molar-refractivity contribution >= 4 is 6.08 Å². The van der Waals surface area contributed by atoms with Gasteiger partial charge in [0.25, 0.3) is 0 Å². The molecule has 0 heterocycles. The van der Waals surface area contributed by atoms with Gasteiger partial charge in [0.05, 0.1) is 13.7 Å². The van der Waals surface area contributed by atoms with Crippen LogP contribution in [-0.4, -0.2) is 13.2 Å². The first-order valence-electron chi connectivity index (χ1n) is 5.61. The highest BCUT2D eigenvalue weighted by molar-refractivity contribution is 5.48. The van der Waals surface area contributed by atoms with Crippen LogP contribution in [0.5, 0.6) is 5.75 Å². The van der Waals surface area contributed by atoms with Crippen LogP contribution in [-0.2, 0) is 16.8 Å². The van der Waals surface area contributed by atoms with Gasteiger partial charge in [0.15, 0.2) is 0 Å². The van der Waals surface area contributed by atoms with Crippen LogP contribution in [0.15, 0.2) is 17.1 Å². The molecule has 0 saturated carbocycles. The third kappa shape index (κ3) is 3.18. The first-order valence-corrected chi connectivity index (χ1v) is 5.61. The Morgan fingerprint density at radius 1 is 1.35 bits per heavy atom. The van der Waals surface area contributed by atoms with Crippen LogP contribution in [0, 0.1) is 6.92 Å². The molecule has 0 radical (unpaired) electrons. The Kier molecular flexibility index (Phi) is 4.08. The van der Waals surface area contributed by atoms with Crippen molar-refractivity contribution in [2.75, 3.05) is 7.11 Å². The van der Waals surface area contributed by atoms with E-state index in [2.05, 4.69) is 31.8 Å². The monoisotopic (exact) mass is 233 g/mol. The zero-order chi connectivity index (χ0) is 13.1. The van der Waals surface area contributed by atoms with Crippen molar-refractivity contribution in [3.63, 3.8) is 0 Å². The summed E-state index contributed by atoms with van der Waals surface area (Å²) in [7, 11) is 1.65. The average molecular weight is 233 g/mol. The highest BCUT2D eigenvalue weighted by atomic mass is 16.5. The maximum atomic E-state index is 10.2. The summed E-state index contributed by atoms with van der Waals surface area (Å²) >= 11 is 0. The van der Waals surface area contributed by atoms with Gasteiger partial charge in [0.1, 0.15) is 5.75 Å². The Morgan fingerprint density at radius 3 is 2.47 bits per heavy atom. The van der Waals surface area contributed by atoms with Gasteiger partial charge < -0.3 is 4.74 Å². The maximum absolute atomic E-state index is 10.2. The van der Waals surface area contributed by atoms with E-state index in [1.54, 1.807) is 13.2 Å². The molecule has 1 rings (SSSR count). The van der Waals surface area contributed by atoms with Gasteiger partial charge in [-0.15, -0.1) is 0 Å². The van der Waals surface area contributed by atoms with E-state index in [0.29, 0.717) is 6.54 Å². The molecule has 92 valence electrons. The number of aliphatic imine (C=N–C) groups is 1. The predicted octanol–water partition coefficient (Wildman–Crippen LogP) is 3.14. The summed E-state index contributed by atoms with van der Waals surface area (Å²) in [6.45, 7) is 8.76. The number of carbonyl (C=O) groups excluding carboxylic acids is 1. The van der Waals surface area contributed by atoms with Crippen molar-refractivity contribution in [3.05, 3.63) is 28.8 Å². The van der Waals surface area contributed by atoms with Crippen LogP contribution in [0.3, 0.4) is 0 Å². The molecule has 17 heavy (non-hydrogen) atoms. The van der Waals surface area contributed by atoms with Gasteiger partial charge in [0.2, 0.25) is 6.08 Å². The molecular formula is C14H19NO2. The quantitative estimate of drug-likeness (QED) is 0.594. The summed E-state index contributed by atoms with van der Waals surface area (Å²) in [5, 5.41) is 0. The fourth-order valence-electron chi connectivity index (χ4n) is 1.88. The van der Waals surface area contributed by atoms with Crippen LogP contribution < -0.4 is 4.74 Å². The number of aryl methyl sites for hydroxylation is 1. The van der Waals surface area contributed by atoms with Gasteiger partial charge in [-0.25, -0.2) is 9.79 Å². The van der Waals surface area contributed by atoms with E-state index in [1.165, 1.54) is 0 Å². The molecule has 1 aromatic carbocycles. The molecule has 0 saturated heterocycles. The third-order valence-electron chi connectivity index (χ3n) is 2.64. The minimum absolute atomic E-state index is 0.00297. The zero-order valence-electron chi connectivity index (χ0n) is 11.1. The molecule has 3 heteroatoms. The van der Waals surface area contributed by atoms with E-state index < -0.39 is 0 Å². The van der Waals surface area contributed by atoms with Crippen LogP contribution in [0.25, 0.3) is 0 Å². The summed E-state index contributed by atoms with van der Waals surface area (Å²) in [5.74, 6) is 0.821. The molecule has 0 N–H and O–H groups in total. The van der Waals surface area contributed by atoms with Gasteiger partial charge in [-0.3, -0.25) is 0 Å². The lowest BCUT2D eigenvalue weighted by Gasteiger charge is -2.24. The van der Waals surface area contributed by atoms with Gasteiger partial charge in [-0.2, -0.15) is 0 Å². The van der Waals surface area contributed by atoms with Crippen molar-refractivity contribution in [2.45, 2.75) is 39.7 Å². The van der Waals surface area contributed by atoms with Crippen LogP contribution in [0.2, 0.25) is 0 Å². The van der Waals surface area contributed by atoms with E-state index in [4.69, 9.17) is 4.74 Å². The standard InChI is InChI=1S/C14H19NO2/c1-10-6-11(8-15-9-16)13(17-5)12(7-10)14(2,3)4/h6-7H,8H2,1-5H3. The van der Waals surface area contributed by atoms with Crippen molar-refractivity contribution in [2.24, 2.45) is 4.99 Å². The number of rotatable bonds is 3. The molecule has 0 unspecified atom stereocenters. The lowest BCUT2D eigenvalue weighted by molar-refractivity contribution is 0.392. The summed E-state index contributed by atoms with van der Waals surface area (Å²) in [6.07, 6.45) is 1.56. The second kappa shape index (κ2) is 5.15. The maximum Gasteiger partial charge on any atom is 0.235 e. The third-order valence-corrected chi connectivity index (χ3v) is 2.64. The summed E-state index contributed by atoms with van der Waals surface area (Å²) < 4.78 is 5.47. The zero-order valence-corrected chi connectivity index (χ0v) is 11.1. The molecule has 1 aromatic rings. The molecule has 3 nitrogen and oxygen atoms in total. The van der Waals surface area contributed by atoms with E-state index >= 15 is 0 Å². The Bertz CT molecular complexity index is 452. The molecule has 0 fully saturated rings. The fourth-order valence-corrected chi connectivity index (χ4v) is 1.88. The molecule has 0 aromatic heterocycles. The molecule has 0 aliphatic heterocycles. The second-order valence-electron chi connectivity index (χ2n) is 5.16. The lowest BCUT2D eigenvalue weighted by Crippen LogP contribution is -2.14. The van der Waals surface area contributed by atoms with Gasteiger partial charge in [0, 0.05) is 11.1 Å². The Hall–Kier alpha value is -1.60. The fraction of sp³-hybridized carbons (Fsp3) is 0.500. The highest BCUT2D eigenvalue weighted by Gasteiger charge is 2.21. The number of methoxy groups -OCH3 is 1. The van der Waals surface area contributed by atoms with Crippen LogP contribution in [0.4, 0.5) is 0 Å². The normalized spacial score (nSPS) is 10.9. The molecule has 0 atom stereocenters. The number of hydrogen-bond donors (Lipinski definition) is 0. The predicted molar refractivity (Wildman–Crippen MR) is 68.3 cm³/mol. The Morgan fingerprint density at radius 2 is 2.00 bits per heavy atom. The number of nitrogens with zero attached hydrogens (tertiary/aromatic N) is 1. The minimum Gasteiger partial charge on any atom is -0.496 e. The van der Waals surface area contributed by atoms with Gasteiger partial charge >= 0.3 is 0 Å². The second-order valence-corrected chi connectivity index (χ2v) is 5.16. The first kappa shape index (κ1) is 13.5. The van der Waals surface area contributed by atoms with Crippen molar-refractivity contribution < 1.29 is 9.53 Å². The number of benzene rings is 1. The van der Waals surface area contributed by atoms with E-state index in [0.717, 1.165) is 22.4 Å². The number of ether oxygens (including phenoxy) is 1. The Balaban J connectivity index is 3.40. The van der Waals surface area contributed by atoms with Crippen molar-refractivity contribution in [3.8, 4) is 5.75 Å². The first-order chi connectivity index (χ1) is 7.90. The molecule has 0 amide bonds. The van der Waals surface area contributed by atoms with E-state index in [-0.39, 0.29) is 5.41 Å². The van der Waals surface area contributed by atoms with Crippen LogP contribution >= 0.6 is 0 Å². The molecule has 0 aliphatic carbocycles. The largest absolute Gasteiger partial charge is 0.496 e. The molecule has 0 spiro atoms. The topological polar surface area (TPSA) is 38.7 Å². The van der Waals surface area contributed by atoms with Gasteiger partial charge in [-0.1, -0.05) is 38.5 Å². The van der Waals surface area contributed by atoms with Crippen molar-refractivity contribution in [1.29, 1.82) is 0 Å². The summed E-state index contributed by atoms with van der Waals surface area (Å²) in [5.41, 5.74) is 3.21. The number of hydrogen-bond acceptors (Lipinski definition) is 3.